The lowest BCUT2D eigenvalue weighted by Gasteiger charge is -2.45. The first-order valence-corrected chi connectivity index (χ1v) is 23.1. The van der Waals surface area contributed by atoms with Gasteiger partial charge >= 0.3 is 0 Å². The van der Waals surface area contributed by atoms with Crippen molar-refractivity contribution in [2.24, 2.45) is 0 Å². The van der Waals surface area contributed by atoms with Crippen LogP contribution in [0.4, 0.5) is 28.4 Å². The number of nitrogens with zero attached hydrogens (tertiary/aromatic N) is 2. The lowest BCUT2D eigenvalue weighted by atomic mass is 9.78. The highest BCUT2D eigenvalue weighted by Gasteiger charge is 2.38. The van der Waals surface area contributed by atoms with E-state index in [9.17, 15) is 0 Å². The van der Waals surface area contributed by atoms with Crippen LogP contribution in [0, 0.1) is 0 Å². The van der Waals surface area contributed by atoms with Gasteiger partial charge in [0.05, 0.1) is 5.54 Å². The molecule has 0 amide bonds. The maximum absolute atomic E-state index is 2.58. The van der Waals surface area contributed by atoms with E-state index in [1.165, 1.54) is 113 Å². The topological polar surface area (TPSA) is 6.48 Å². The highest BCUT2D eigenvalue weighted by molar-refractivity contribution is 5.82. The first-order chi connectivity index (χ1) is 29.5. The summed E-state index contributed by atoms with van der Waals surface area (Å²) in [5.41, 5.74) is 14.9. The number of rotatable bonds is 20. The van der Waals surface area contributed by atoms with E-state index in [1.54, 1.807) is 0 Å². The Balaban J connectivity index is 1.22. The summed E-state index contributed by atoms with van der Waals surface area (Å²) >= 11 is 0. The number of hydrogen-bond donors (Lipinski definition) is 0. The Morgan fingerprint density at radius 2 is 0.783 bits per heavy atom. The van der Waals surface area contributed by atoms with Crippen LogP contribution in [0.2, 0.25) is 0 Å². The quantitative estimate of drug-likeness (QED) is 0.0760. The zero-order valence-electron chi connectivity index (χ0n) is 36.8. The van der Waals surface area contributed by atoms with E-state index >= 15 is 0 Å². The van der Waals surface area contributed by atoms with Gasteiger partial charge in [0, 0.05) is 28.4 Å². The molecular weight excluding hydrogens is 725 g/mol. The van der Waals surface area contributed by atoms with Crippen LogP contribution in [0.1, 0.15) is 119 Å². The summed E-state index contributed by atoms with van der Waals surface area (Å²) < 4.78 is 0. The summed E-state index contributed by atoms with van der Waals surface area (Å²) in [5, 5.41) is 0. The predicted molar refractivity (Wildman–Crippen MR) is 260 cm³/mol. The van der Waals surface area contributed by atoms with Crippen LogP contribution in [-0.4, -0.2) is 0 Å². The van der Waals surface area contributed by atoms with Crippen molar-refractivity contribution in [2.45, 2.75) is 117 Å². The van der Waals surface area contributed by atoms with Gasteiger partial charge in [-0.3, -0.25) is 0 Å². The second kappa shape index (κ2) is 21.1. The Morgan fingerprint density at radius 3 is 1.13 bits per heavy atom. The van der Waals surface area contributed by atoms with Gasteiger partial charge in [-0.15, -0.1) is 0 Å². The van der Waals surface area contributed by atoms with Crippen molar-refractivity contribution in [1.82, 2.24) is 0 Å². The third kappa shape index (κ3) is 10.2. The van der Waals surface area contributed by atoms with Crippen LogP contribution < -0.4 is 9.80 Å². The fraction of sp³-hybridized carbons (Fsp3) is 0.310. The fourth-order valence-corrected chi connectivity index (χ4v) is 8.71. The lowest BCUT2D eigenvalue weighted by molar-refractivity contribution is 0.548. The van der Waals surface area contributed by atoms with Crippen molar-refractivity contribution < 1.29 is 0 Å². The zero-order valence-corrected chi connectivity index (χ0v) is 36.8. The maximum atomic E-state index is 2.58. The molecule has 1 aliphatic carbocycles. The highest BCUT2D eigenvalue weighted by atomic mass is 15.2. The minimum Gasteiger partial charge on any atom is -0.327 e. The van der Waals surface area contributed by atoms with E-state index < -0.39 is 5.54 Å². The van der Waals surface area contributed by atoms with Crippen molar-refractivity contribution in [1.29, 1.82) is 0 Å². The molecule has 0 N–H and O–H groups in total. The van der Waals surface area contributed by atoms with Crippen LogP contribution in [0.5, 0.6) is 0 Å². The first-order valence-electron chi connectivity index (χ1n) is 23.1. The van der Waals surface area contributed by atoms with E-state index in [4.69, 9.17) is 0 Å². The van der Waals surface area contributed by atoms with Gasteiger partial charge in [0.1, 0.15) is 0 Å². The normalized spacial score (nSPS) is 14.8. The van der Waals surface area contributed by atoms with Crippen LogP contribution >= 0.6 is 0 Å². The molecular formula is C58H66N2. The fourth-order valence-electron chi connectivity index (χ4n) is 8.71. The number of benzene rings is 6. The number of unbranched alkanes of at least 4 members (excludes halogenated alkanes) is 4. The molecule has 6 aromatic carbocycles. The van der Waals surface area contributed by atoms with Gasteiger partial charge < -0.3 is 9.80 Å². The smallest absolute Gasteiger partial charge is 0.0923 e. The molecule has 0 fully saturated rings. The Labute approximate surface area is 362 Å². The number of aryl methyl sites for hydroxylation is 4. The Bertz CT molecular complexity index is 2140. The van der Waals surface area contributed by atoms with Crippen molar-refractivity contribution in [3.05, 3.63) is 203 Å². The molecule has 308 valence electrons. The molecule has 0 saturated heterocycles. The SMILES string of the molecule is CCCCc1ccc(N(c2ccc(CCCC)cc2)c2ccc(C3=CCC(c4ccccc4)(N(c4ccc(CCCC)cc4)c4ccc(CCCC)cc4)C=C3)cc2)cc1. The predicted octanol–water partition coefficient (Wildman–Crippen LogP) is 16.6. The van der Waals surface area contributed by atoms with Crippen LogP contribution in [0.25, 0.3) is 5.57 Å². The van der Waals surface area contributed by atoms with E-state index in [2.05, 4.69) is 207 Å². The second-order valence-electron chi connectivity index (χ2n) is 16.8. The number of hydrogen-bond acceptors (Lipinski definition) is 2. The van der Waals surface area contributed by atoms with Crippen molar-refractivity contribution in [3.63, 3.8) is 0 Å². The summed E-state index contributed by atoms with van der Waals surface area (Å²) in [7, 11) is 0. The molecule has 0 bridgehead atoms. The van der Waals surface area contributed by atoms with Gasteiger partial charge in [0.2, 0.25) is 0 Å². The molecule has 0 spiro atoms. The summed E-state index contributed by atoms with van der Waals surface area (Å²) in [6.07, 6.45) is 22.3. The van der Waals surface area contributed by atoms with Crippen molar-refractivity contribution in [2.75, 3.05) is 9.80 Å². The summed E-state index contributed by atoms with van der Waals surface area (Å²) in [5.74, 6) is 0. The molecule has 1 atom stereocenters. The van der Waals surface area contributed by atoms with Crippen LogP contribution in [0.3, 0.4) is 0 Å². The average molecular weight is 791 g/mol. The van der Waals surface area contributed by atoms with Gasteiger partial charge in [-0.25, -0.2) is 0 Å². The van der Waals surface area contributed by atoms with E-state index in [0.29, 0.717) is 0 Å². The van der Waals surface area contributed by atoms with Crippen molar-refractivity contribution >= 4 is 34.0 Å². The molecule has 0 heterocycles. The largest absolute Gasteiger partial charge is 0.327 e. The molecule has 1 aliphatic rings. The van der Waals surface area contributed by atoms with E-state index in [0.717, 1.165) is 37.8 Å². The molecule has 0 saturated carbocycles. The summed E-state index contributed by atoms with van der Waals surface area (Å²) in [6, 6.07) is 57.5. The molecule has 6 aromatic rings. The van der Waals surface area contributed by atoms with E-state index in [1.807, 2.05) is 0 Å². The maximum Gasteiger partial charge on any atom is 0.0923 e. The monoisotopic (exact) mass is 791 g/mol. The zero-order chi connectivity index (χ0) is 41.6. The van der Waals surface area contributed by atoms with Crippen LogP contribution in [-0.2, 0) is 31.2 Å². The van der Waals surface area contributed by atoms with Gasteiger partial charge in [0.25, 0.3) is 0 Å². The van der Waals surface area contributed by atoms with Gasteiger partial charge in [-0.2, -0.15) is 0 Å². The standard InChI is InChI=1S/C58H66N2/c1-5-9-16-46-22-32-53(33-23-46)59(54-34-24-47(25-35-54)17-10-6-2)55-40-30-50(31-41-55)51-42-44-58(45-43-51,52-20-14-13-15-21-52)60(56-36-26-48(27-37-56)18-11-7-3)57-38-28-49(29-39-57)19-12-8-4/h13-15,20-44H,5-12,16-19,45H2,1-4H3. The summed E-state index contributed by atoms with van der Waals surface area (Å²) in [6.45, 7) is 9.07. The third-order valence-electron chi connectivity index (χ3n) is 12.4. The Hall–Kier alpha value is -5.60. The van der Waals surface area contributed by atoms with Gasteiger partial charge in [0.15, 0.2) is 0 Å². The van der Waals surface area contributed by atoms with Crippen LogP contribution in [0.15, 0.2) is 170 Å². The van der Waals surface area contributed by atoms with Gasteiger partial charge in [-0.05, 0) is 157 Å². The summed E-state index contributed by atoms with van der Waals surface area (Å²) in [4.78, 5) is 4.99. The molecule has 60 heavy (non-hydrogen) atoms. The molecule has 0 aliphatic heterocycles. The number of anilines is 5. The molecule has 7 rings (SSSR count). The Morgan fingerprint density at radius 1 is 0.417 bits per heavy atom. The minimum atomic E-state index is -0.413. The molecule has 1 unspecified atom stereocenters. The third-order valence-corrected chi connectivity index (χ3v) is 12.4. The van der Waals surface area contributed by atoms with E-state index in [-0.39, 0.29) is 0 Å². The molecule has 2 nitrogen and oxygen atoms in total. The molecule has 0 radical (unpaired) electrons. The highest BCUT2D eigenvalue weighted by Crippen LogP contribution is 2.47. The molecule has 2 heteroatoms. The van der Waals surface area contributed by atoms with Gasteiger partial charge in [-0.1, -0.05) is 163 Å². The number of allylic oxidation sites excluding steroid dienone is 2. The van der Waals surface area contributed by atoms with Crippen molar-refractivity contribution in [3.8, 4) is 0 Å². The first kappa shape index (κ1) is 42.5. The lowest BCUT2D eigenvalue weighted by Crippen LogP contribution is -2.42. The molecule has 0 aromatic heterocycles. The second-order valence-corrected chi connectivity index (χ2v) is 16.8. The Kier molecular flexibility index (Phi) is 14.9. The minimum absolute atomic E-state index is 0.413. The average Bonchev–Trinajstić information content (AvgIpc) is 3.31.